The van der Waals surface area contributed by atoms with Crippen molar-refractivity contribution >= 4 is 29.9 Å². The Morgan fingerprint density at radius 2 is 1.85 bits per heavy atom. The van der Waals surface area contributed by atoms with E-state index in [4.69, 9.17) is 9.73 Å². The SMILES string of the molecule is CCNC(=NCc1ccccc1CN1CCOCC1)NCCc1nnc2n1CCCCC2.I. The van der Waals surface area contributed by atoms with Gasteiger partial charge in [0.1, 0.15) is 11.6 Å². The Kier molecular flexibility index (Phi) is 10.9. The lowest BCUT2D eigenvalue weighted by atomic mass is 10.1. The fourth-order valence-corrected chi connectivity index (χ4v) is 4.40. The summed E-state index contributed by atoms with van der Waals surface area (Å²) in [5.41, 5.74) is 2.62. The second-order valence-corrected chi connectivity index (χ2v) is 8.52. The predicted octanol–water partition coefficient (Wildman–Crippen LogP) is 2.75. The van der Waals surface area contributed by atoms with Crippen LogP contribution in [0.5, 0.6) is 0 Å². The van der Waals surface area contributed by atoms with E-state index in [1.807, 2.05) is 0 Å². The summed E-state index contributed by atoms with van der Waals surface area (Å²) in [6, 6.07) is 8.63. The highest BCUT2D eigenvalue weighted by molar-refractivity contribution is 14.0. The molecule has 33 heavy (non-hydrogen) atoms. The smallest absolute Gasteiger partial charge is 0.191 e. The highest BCUT2D eigenvalue weighted by Gasteiger charge is 2.15. The number of nitrogens with one attached hydrogen (secondary N) is 2. The van der Waals surface area contributed by atoms with Gasteiger partial charge in [-0.05, 0) is 30.9 Å². The number of hydrogen-bond acceptors (Lipinski definition) is 5. The average molecular weight is 568 g/mol. The maximum Gasteiger partial charge on any atom is 0.191 e. The number of benzene rings is 1. The standard InChI is InChI=1S/C24H37N7O.HI/c1-2-25-24(26-12-11-23-29-28-22-10-4-3-7-13-31(22)23)27-18-20-8-5-6-9-21(20)19-30-14-16-32-17-15-30;/h5-6,8-9H,2-4,7,10-19H2,1H3,(H2,25,26,27);1H. The molecule has 2 aromatic rings. The first kappa shape index (κ1) is 25.9. The third kappa shape index (κ3) is 7.65. The van der Waals surface area contributed by atoms with Gasteiger partial charge < -0.3 is 19.9 Å². The molecule has 8 nitrogen and oxygen atoms in total. The molecule has 0 amide bonds. The second-order valence-electron chi connectivity index (χ2n) is 8.52. The molecule has 9 heteroatoms. The van der Waals surface area contributed by atoms with Crippen LogP contribution in [0.1, 0.15) is 49.0 Å². The molecule has 2 aliphatic heterocycles. The number of hydrogen-bond donors (Lipinski definition) is 2. The molecular weight excluding hydrogens is 529 g/mol. The molecule has 0 bridgehead atoms. The van der Waals surface area contributed by atoms with Gasteiger partial charge in [-0.2, -0.15) is 0 Å². The van der Waals surface area contributed by atoms with E-state index in [0.29, 0.717) is 6.54 Å². The van der Waals surface area contributed by atoms with Gasteiger partial charge in [-0.15, -0.1) is 34.2 Å². The van der Waals surface area contributed by atoms with Gasteiger partial charge in [0.15, 0.2) is 5.96 Å². The van der Waals surface area contributed by atoms with Crippen LogP contribution in [0.4, 0.5) is 0 Å². The normalized spacial score (nSPS) is 17.1. The van der Waals surface area contributed by atoms with Gasteiger partial charge >= 0.3 is 0 Å². The molecule has 2 aliphatic rings. The Balaban J connectivity index is 0.00000306. The third-order valence-electron chi connectivity index (χ3n) is 6.19. The second kappa shape index (κ2) is 13.9. The summed E-state index contributed by atoms with van der Waals surface area (Å²) in [5.74, 6) is 3.08. The molecule has 0 saturated carbocycles. The van der Waals surface area contributed by atoms with E-state index in [9.17, 15) is 0 Å². The van der Waals surface area contributed by atoms with Crippen molar-refractivity contribution in [3.63, 3.8) is 0 Å². The molecule has 182 valence electrons. The Morgan fingerprint density at radius 3 is 2.67 bits per heavy atom. The lowest BCUT2D eigenvalue weighted by Gasteiger charge is -2.27. The first-order valence-electron chi connectivity index (χ1n) is 12.1. The predicted molar refractivity (Wildman–Crippen MR) is 142 cm³/mol. The number of ether oxygens (including phenoxy) is 1. The van der Waals surface area contributed by atoms with Crippen molar-refractivity contribution in [2.75, 3.05) is 39.4 Å². The number of guanidine groups is 1. The minimum atomic E-state index is 0. The minimum absolute atomic E-state index is 0. The van der Waals surface area contributed by atoms with Gasteiger partial charge in [-0.3, -0.25) is 4.90 Å². The van der Waals surface area contributed by atoms with Crippen molar-refractivity contribution in [2.24, 2.45) is 4.99 Å². The molecule has 2 N–H and O–H groups in total. The maximum atomic E-state index is 5.48. The summed E-state index contributed by atoms with van der Waals surface area (Å²) in [4.78, 5) is 7.32. The Bertz CT molecular complexity index is 879. The Labute approximate surface area is 214 Å². The van der Waals surface area contributed by atoms with Crippen LogP contribution >= 0.6 is 24.0 Å². The first-order valence-corrected chi connectivity index (χ1v) is 12.1. The largest absolute Gasteiger partial charge is 0.379 e. The van der Waals surface area contributed by atoms with E-state index in [1.165, 1.54) is 30.4 Å². The van der Waals surface area contributed by atoms with Gasteiger partial charge in [-0.1, -0.05) is 30.7 Å². The Morgan fingerprint density at radius 1 is 1.03 bits per heavy atom. The zero-order chi connectivity index (χ0) is 22.0. The average Bonchev–Trinajstić information content (AvgIpc) is 3.04. The van der Waals surface area contributed by atoms with Crippen LogP contribution in [0.3, 0.4) is 0 Å². The first-order chi connectivity index (χ1) is 15.8. The van der Waals surface area contributed by atoms with Crippen molar-refractivity contribution in [1.82, 2.24) is 30.3 Å². The lowest BCUT2D eigenvalue weighted by Crippen LogP contribution is -2.38. The molecule has 3 heterocycles. The molecule has 0 radical (unpaired) electrons. The van der Waals surface area contributed by atoms with Gasteiger partial charge in [0.25, 0.3) is 0 Å². The molecule has 1 saturated heterocycles. The molecule has 0 unspecified atom stereocenters. The monoisotopic (exact) mass is 567 g/mol. The van der Waals surface area contributed by atoms with Crippen LogP contribution < -0.4 is 10.6 Å². The summed E-state index contributed by atoms with van der Waals surface area (Å²) in [7, 11) is 0. The van der Waals surface area contributed by atoms with Crippen molar-refractivity contribution in [3.05, 3.63) is 47.0 Å². The van der Waals surface area contributed by atoms with Gasteiger partial charge in [-0.25, -0.2) is 4.99 Å². The molecule has 0 spiro atoms. The molecular formula is C24H38IN7O. The van der Waals surface area contributed by atoms with Crippen molar-refractivity contribution in [2.45, 2.75) is 58.7 Å². The number of aliphatic imine (C=N–C) groups is 1. The summed E-state index contributed by atoms with van der Waals surface area (Å²) in [5, 5.41) is 15.7. The van der Waals surface area contributed by atoms with Gasteiger partial charge in [0.05, 0.1) is 19.8 Å². The third-order valence-corrected chi connectivity index (χ3v) is 6.19. The molecule has 0 aliphatic carbocycles. The summed E-state index contributed by atoms with van der Waals surface area (Å²) in [6.07, 6.45) is 5.63. The number of nitrogens with zero attached hydrogens (tertiary/aromatic N) is 5. The highest BCUT2D eigenvalue weighted by atomic mass is 127. The van der Waals surface area contributed by atoms with E-state index in [0.717, 1.165) is 82.9 Å². The van der Waals surface area contributed by atoms with E-state index in [-0.39, 0.29) is 24.0 Å². The summed E-state index contributed by atoms with van der Waals surface area (Å²) < 4.78 is 7.80. The van der Waals surface area contributed by atoms with Gasteiger partial charge in [0.2, 0.25) is 0 Å². The highest BCUT2D eigenvalue weighted by Crippen LogP contribution is 2.15. The van der Waals surface area contributed by atoms with Crippen molar-refractivity contribution in [3.8, 4) is 0 Å². The van der Waals surface area contributed by atoms with E-state index >= 15 is 0 Å². The topological polar surface area (TPSA) is 79.6 Å². The van der Waals surface area contributed by atoms with Crippen LogP contribution in [0, 0.1) is 0 Å². The van der Waals surface area contributed by atoms with Crippen LogP contribution in [0.15, 0.2) is 29.3 Å². The number of fused-ring (bicyclic) bond motifs is 1. The van der Waals surface area contributed by atoms with Crippen LogP contribution in [0.25, 0.3) is 0 Å². The van der Waals surface area contributed by atoms with Crippen molar-refractivity contribution in [1.29, 1.82) is 0 Å². The summed E-state index contributed by atoms with van der Waals surface area (Å²) >= 11 is 0. The minimum Gasteiger partial charge on any atom is -0.379 e. The number of aromatic nitrogens is 3. The van der Waals surface area contributed by atoms with Crippen LogP contribution in [-0.4, -0.2) is 65.0 Å². The lowest BCUT2D eigenvalue weighted by molar-refractivity contribution is 0.0341. The van der Waals surface area contributed by atoms with Crippen LogP contribution in [0.2, 0.25) is 0 Å². The number of aryl methyl sites for hydroxylation is 1. The molecule has 1 aromatic heterocycles. The fraction of sp³-hybridized carbons (Fsp3) is 0.625. The van der Waals surface area contributed by atoms with Crippen molar-refractivity contribution < 1.29 is 4.74 Å². The van der Waals surface area contributed by atoms with E-state index < -0.39 is 0 Å². The molecule has 0 atom stereocenters. The number of halogens is 1. The quantitative estimate of drug-likeness (QED) is 0.290. The Hall–Kier alpha value is -1.72. The number of rotatable bonds is 8. The zero-order valence-electron chi connectivity index (χ0n) is 19.8. The van der Waals surface area contributed by atoms with Gasteiger partial charge in [0, 0.05) is 52.1 Å². The molecule has 1 fully saturated rings. The number of morpholine rings is 1. The molecule has 4 rings (SSSR count). The molecule has 1 aromatic carbocycles. The summed E-state index contributed by atoms with van der Waals surface area (Å²) in [6.45, 7) is 10.0. The fourth-order valence-electron chi connectivity index (χ4n) is 4.40. The van der Waals surface area contributed by atoms with Crippen LogP contribution in [-0.2, 0) is 37.2 Å². The zero-order valence-corrected chi connectivity index (χ0v) is 22.1. The van der Waals surface area contributed by atoms with E-state index in [2.05, 4.69) is 61.5 Å². The van der Waals surface area contributed by atoms with E-state index in [1.54, 1.807) is 0 Å². The maximum absolute atomic E-state index is 5.48.